The van der Waals surface area contributed by atoms with Crippen LogP contribution in [0, 0.1) is 28.6 Å². The first-order chi connectivity index (χ1) is 20.7. The predicted octanol–water partition coefficient (Wildman–Crippen LogP) is 10.7. The monoisotopic (exact) mass is 690 g/mol. The fraction of sp³-hybridized carbons (Fsp3) is 0.872. The topological polar surface area (TPSA) is 55.8 Å². The highest BCUT2D eigenvalue weighted by atomic mass is 32.2. The van der Waals surface area contributed by atoms with E-state index >= 15 is 0 Å². The number of Topliss-reactive ketones (excluding diaryl/α,β-unsaturated/α-hetero) is 1. The highest BCUT2D eigenvalue weighted by Gasteiger charge is 2.62. The number of aliphatic hydroxyl groups is 1. The van der Waals surface area contributed by atoms with Crippen molar-refractivity contribution >= 4 is 34.2 Å². The minimum absolute atomic E-state index is 0.00220. The molecule has 8 atom stereocenters. The lowest BCUT2D eigenvalue weighted by Crippen LogP contribution is -2.58. The molecule has 0 aromatic heterocycles. The molecular weight excluding hydrogens is 621 g/mol. The van der Waals surface area contributed by atoms with Crippen molar-refractivity contribution in [1.29, 1.82) is 0 Å². The zero-order valence-corrected chi connectivity index (χ0v) is 35.2. The van der Waals surface area contributed by atoms with Gasteiger partial charge in [0.1, 0.15) is 5.78 Å². The summed E-state index contributed by atoms with van der Waals surface area (Å²) in [5.41, 5.74) is 2.35. The third-order valence-corrected chi connectivity index (χ3v) is 24.2. The van der Waals surface area contributed by atoms with Gasteiger partial charge in [-0.2, -0.15) is 11.8 Å². The Morgan fingerprint density at radius 3 is 2.09 bits per heavy atom. The molecule has 0 heterocycles. The van der Waals surface area contributed by atoms with Crippen molar-refractivity contribution in [3.63, 3.8) is 0 Å². The normalized spacial score (nSPS) is 34.8. The van der Waals surface area contributed by atoms with E-state index in [0.717, 1.165) is 44.3 Å². The van der Waals surface area contributed by atoms with Crippen LogP contribution in [0.1, 0.15) is 121 Å². The summed E-state index contributed by atoms with van der Waals surface area (Å²) in [6.07, 6.45) is 11.8. The number of hydrogen-bond donors (Lipinski definition) is 1. The van der Waals surface area contributed by atoms with Gasteiger partial charge in [0.2, 0.25) is 0 Å². The quantitative estimate of drug-likeness (QED) is 0.183. The van der Waals surface area contributed by atoms with Crippen molar-refractivity contribution in [3.8, 4) is 0 Å². The molecule has 1 N–H and O–H groups in total. The zero-order chi connectivity index (χ0) is 34.9. The first kappa shape index (κ1) is 38.6. The molecular formula is C39H70O4SSi2. The fourth-order valence-electron chi connectivity index (χ4n) is 8.90. The Bertz CT molecular complexity index is 1200. The molecule has 0 saturated heterocycles. The van der Waals surface area contributed by atoms with Gasteiger partial charge >= 0.3 is 0 Å². The van der Waals surface area contributed by atoms with Crippen LogP contribution >= 0.6 is 11.8 Å². The maximum atomic E-state index is 13.9. The number of ketones is 1. The van der Waals surface area contributed by atoms with Crippen LogP contribution < -0.4 is 0 Å². The van der Waals surface area contributed by atoms with Gasteiger partial charge < -0.3 is 14.0 Å². The maximum Gasteiger partial charge on any atom is 0.192 e. The van der Waals surface area contributed by atoms with E-state index in [1.807, 2.05) is 25.6 Å². The van der Waals surface area contributed by atoms with E-state index in [1.165, 1.54) is 11.1 Å². The van der Waals surface area contributed by atoms with Crippen molar-refractivity contribution in [2.75, 3.05) is 5.75 Å². The van der Waals surface area contributed by atoms with Crippen LogP contribution in [-0.4, -0.2) is 56.3 Å². The molecule has 4 aliphatic carbocycles. The van der Waals surface area contributed by atoms with Crippen LogP contribution in [0.5, 0.6) is 0 Å². The summed E-state index contributed by atoms with van der Waals surface area (Å²) in [6, 6.07) is 0. The molecule has 0 bridgehead atoms. The van der Waals surface area contributed by atoms with Crippen LogP contribution in [0.25, 0.3) is 0 Å². The average Bonchev–Trinajstić information content (AvgIpc) is 3.15. The minimum atomic E-state index is -2.07. The molecule has 3 fully saturated rings. The molecule has 4 aliphatic rings. The Kier molecular flexibility index (Phi) is 10.8. The number of thioether (sulfide) groups is 1. The van der Waals surface area contributed by atoms with Gasteiger partial charge in [0.25, 0.3) is 0 Å². The van der Waals surface area contributed by atoms with Gasteiger partial charge in [0.05, 0.1) is 17.8 Å². The molecule has 3 saturated carbocycles. The highest BCUT2D eigenvalue weighted by molar-refractivity contribution is 7.99. The van der Waals surface area contributed by atoms with E-state index < -0.39 is 22.2 Å². The molecule has 0 aromatic carbocycles. The largest absolute Gasteiger partial charge is 0.414 e. The molecule has 0 unspecified atom stereocenters. The van der Waals surface area contributed by atoms with Crippen LogP contribution in [0.15, 0.2) is 23.3 Å². The smallest absolute Gasteiger partial charge is 0.192 e. The molecule has 4 nitrogen and oxygen atoms in total. The second-order valence-corrected chi connectivity index (χ2v) is 30.7. The zero-order valence-electron chi connectivity index (χ0n) is 32.4. The Morgan fingerprint density at radius 1 is 0.935 bits per heavy atom. The molecule has 0 aliphatic heterocycles. The molecule has 0 amide bonds. The van der Waals surface area contributed by atoms with Crippen LogP contribution in [-0.2, 0) is 13.6 Å². The van der Waals surface area contributed by atoms with Gasteiger partial charge in [0.15, 0.2) is 16.6 Å². The molecule has 7 heteroatoms. The summed E-state index contributed by atoms with van der Waals surface area (Å²) in [5.74, 6) is 2.29. The number of hydrogen-bond acceptors (Lipinski definition) is 5. The summed E-state index contributed by atoms with van der Waals surface area (Å²) in [4.78, 5) is 13.9. The molecule has 0 radical (unpaired) electrons. The second kappa shape index (κ2) is 12.9. The number of allylic oxidation sites excluding steroid dienone is 3. The van der Waals surface area contributed by atoms with Gasteiger partial charge in [0, 0.05) is 23.0 Å². The highest BCUT2D eigenvalue weighted by Crippen LogP contribution is 2.66. The molecule has 264 valence electrons. The third-order valence-electron chi connectivity index (χ3n) is 13.8. The van der Waals surface area contributed by atoms with Crippen molar-refractivity contribution in [1.82, 2.24) is 0 Å². The van der Waals surface area contributed by atoms with Gasteiger partial charge in [-0.15, -0.1) is 0 Å². The number of carbonyl (C=O) groups excluding carboxylic acids is 1. The molecule has 0 spiro atoms. The average molecular weight is 691 g/mol. The standard InChI is InChI=1S/C39H70O4SSi2/c1-26(44-22-16-20-37(8,9)41)34-32(40)25-31-29-18-17-27-23-28(42-45(12,13)35(2,3)4)24-33(43-46(14,15)36(5,6)7)39(27,11)30(29)19-21-38(31,34)10/h17-18,26,28,30-31,33-34,41H,16,19-25H2,1-15H3/t26-,28+,30-,31-,33-,34-,38-,39-/m0/s1. The molecule has 4 rings (SSSR count). The van der Waals surface area contributed by atoms with E-state index in [0.29, 0.717) is 29.3 Å². The first-order valence-corrected chi connectivity index (χ1v) is 25.2. The van der Waals surface area contributed by atoms with Crippen LogP contribution in [0.2, 0.25) is 36.3 Å². The fourth-order valence-corrected chi connectivity index (χ4v) is 13.0. The number of carbonyl (C=O) groups is 1. The lowest BCUT2D eigenvalue weighted by atomic mass is 9.49. The van der Waals surface area contributed by atoms with Crippen LogP contribution in [0.4, 0.5) is 0 Å². The maximum absolute atomic E-state index is 13.9. The number of rotatable bonds is 10. The van der Waals surface area contributed by atoms with Crippen molar-refractivity contribution in [3.05, 3.63) is 23.3 Å². The van der Waals surface area contributed by atoms with E-state index in [1.54, 1.807) is 0 Å². The third kappa shape index (κ3) is 7.31. The lowest BCUT2D eigenvalue weighted by molar-refractivity contribution is -0.122. The molecule has 46 heavy (non-hydrogen) atoms. The minimum Gasteiger partial charge on any atom is -0.414 e. The van der Waals surface area contributed by atoms with E-state index in [9.17, 15) is 9.90 Å². The van der Waals surface area contributed by atoms with E-state index in [-0.39, 0.29) is 39.0 Å². The Labute approximate surface area is 290 Å². The summed E-state index contributed by atoms with van der Waals surface area (Å²) >= 11 is 1.95. The summed E-state index contributed by atoms with van der Waals surface area (Å²) in [6.45, 7) is 34.7. The molecule has 0 aromatic rings. The first-order valence-electron chi connectivity index (χ1n) is 18.4. The summed E-state index contributed by atoms with van der Waals surface area (Å²) < 4.78 is 14.7. The SMILES string of the molecule is C[C@H](SCCCC(C)(C)O)[C@H]1C(=O)C[C@H]2C3=CC=C4C[C@@H](O[Si](C)(C)C(C)(C)C)C[C@H](O[Si](C)(C)C(C)(C)C)[C@]4(C)[C@H]3CC[C@]12C. The lowest BCUT2D eigenvalue weighted by Gasteiger charge is -2.59. The van der Waals surface area contributed by atoms with Crippen molar-refractivity contribution in [2.45, 2.75) is 180 Å². The number of fused-ring (bicyclic) bond motifs is 5. The second-order valence-electron chi connectivity index (χ2n) is 19.7. The van der Waals surface area contributed by atoms with Crippen molar-refractivity contribution in [2.24, 2.45) is 28.6 Å². The summed E-state index contributed by atoms with van der Waals surface area (Å²) in [5, 5.41) is 10.8. The van der Waals surface area contributed by atoms with Crippen molar-refractivity contribution < 1.29 is 18.8 Å². The Balaban J connectivity index is 1.66. The van der Waals surface area contributed by atoms with Gasteiger partial charge in [-0.3, -0.25) is 4.79 Å². The summed E-state index contributed by atoms with van der Waals surface area (Å²) in [7, 11) is -4.01. The van der Waals surface area contributed by atoms with E-state index in [2.05, 4.69) is 101 Å². The van der Waals surface area contributed by atoms with Gasteiger partial charge in [-0.05, 0) is 112 Å². The van der Waals surface area contributed by atoms with Crippen LogP contribution in [0.3, 0.4) is 0 Å². The van der Waals surface area contributed by atoms with Gasteiger partial charge in [-0.1, -0.05) is 85.6 Å². The Morgan fingerprint density at radius 2 is 1.52 bits per heavy atom. The Hall–Kier alpha value is -0.186. The van der Waals surface area contributed by atoms with E-state index in [4.69, 9.17) is 8.85 Å². The predicted molar refractivity (Wildman–Crippen MR) is 203 cm³/mol. The van der Waals surface area contributed by atoms with Gasteiger partial charge in [-0.25, -0.2) is 0 Å².